The van der Waals surface area contributed by atoms with Crippen molar-refractivity contribution in [1.29, 1.82) is 0 Å². The Hall–Kier alpha value is 0.180. The molecule has 0 spiro atoms. The van der Waals surface area contributed by atoms with Gasteiger partial charge in [-0.3, -0.25) is 0 Å². The van der Waals surface area contributed by atoms with Crippen molar-refractivity contribution >= 4 is 22.0 Å². The van der Waals surface area contributed by atoms with E-state index in [0.29, 0.717) is 30.8 Å². The molecular formula is C13H27N3O2S2. The fourth-order valence-electron chi connectivity index (χ4n) is 3.16. The summed E-state index contributed by atoms with van der Waals surface area (Å²) in [6.07, 6.45) is 5.01. The number of nitrogens with zero attached hydrogens (tertiary/aromatic N) is 1. The van der Waals surface area contributed by atoms with Crippen molar-refractivity contribution in [2.45, 2.75) is 50.3 Å². The highest BCUT2D eigenvalue weighted by Crippen LogP contribution is 2.30. The average molecular weight is 322 g/mol. The summed E-state index contributed by atoms with van der Waals surface area (Å²) in [4.78, 5) is 0. The van der Waals surface area contributed by atoms with Gasteiger partial charge in [0.15, 0.2) is 0 Å². The lowest BCUT2D eigenvalue weighted by Crippen LogP contribution is -2.49. The molecule has 0 radical (unpaired) electrons. The van der Waals surface area contributed by atoms with Crippen LogP contribution in [0.3, 0.4) is 0 Å². The predicted octanol–water partition coefficient (Wildman–Crippen LogP) is 1.17. The van der Waals surface area contributed by atoms with Crippen LogP contribution in [0.5, 0.6) is 0 Å². The molecule has 0 aromatic rings. The molecule has 20 heavy (non-hydrogen) atoms. The second-order valence-corrected chi connectivity index (χ2v) is 9.09. The molecule has 0 amide bonds. The Balaban J connectivity index is 1.87. The van der Waals surface area contributed by atoms with E-state index < -0.39 is 10.2 Å². The molecule has 3 unspecified atom stereocenters. The summed E-state index contributed by atoms with van der Waals surface area (Å²) in [5.41, 5.74) is 5.68. The van der Waals surface area contributed by atoms with Crippen LogP contribution in [-0.4, -0.2) is 49.4 Å². The molecule has 0 aromatic carbocycles. The maximum absolute atomic E-state index is 12.4. The molecule has 1 aliphatic carbocycles. The van der Waals surface area contributed by atoms with Crippen molar-refractivity contribution in [3.63, 3.8) is 0 Å². The van der Waals surface area contributed by atoms with E-state index in [1.165, 1.54) is 0 Å². The quantitative estimate of drug-likeness (QED) is 0.770. The lowest BCUT2D eigenvalue weighted by atomic mass is 10.0. The Morgan fingerprint density at radius 2 is 2.15 bits per heavy atom. The number of nitrogens with two attached hydrogens (primary N) is 1. The molecule has 2 rings (SSSR count). The highest BCUT2D eigenvalue weighted by molar-refractivity contribution is 7.99. The van der Waals surface area contributed by atoms with Gasteiger partial charge in [-0.25, -0.2) is 0 Å². The van der Waals surface area contributed by atoms with Crippen LogP contribution in [0.4, 0.5) is 0 Å². The van der Waals surface area contributed by atoms with Crippen molar-refractivity contribution in [3.05, 3.63) is 0 Å². The first kappa shape index (κ1) is 16.5. The van der Waals surface area contributed by atoms with Gasteiger partial charge in [-0.2, -0.15) is 29.2 Å². The van der Waals surface area contributed by atoms with E-state index in [1.807, 2.05) is 11.8 Å². The van der Waals surface area contributed by atoms with Gasteiger partial charge in [0.1, 0.15) is 0 Å². The molecule has 0 aromatic heterocycles. The minimum absolute atomic E-state index is 0.113. The zero-order valence-corrected chi connectivity index (χ0v) is 13.9. The van der Waals surface area contributed by atoms with Crippen molar-refractivity contribution < 1.29 is 8.42 Å². The van der Waals surface area contributed by atoms with Gasteiger partial charge < -0.3 is 5.73 Å². The number of nitrogens with one attached hydrogen (secondary N) is 1. The SMILES string of the molecule is CCSC1CCC(NS(=O)(=O)N2CCCC(CN)C2)C1. The number of rotatable bonds is 6. The van der Waals surface area contributed by atoms with Gasteiger partial charge in [-0.15, -0.1) is 0 Å². The third kappa shape index (κ3) is 4.34. The molecule has 5 nitrogen and oxygen atoms in total. The predicted molar refractivity (Wildman–Crippen MR) is 85.0 cm³/mol. The maximum atomic E-state index is 12.4. The van der Waals surface area contributed by atoms with Crippen molar-refractivity contribution in [3.8, 4) is 0 Å². The first-order chi connectivity index (χ1) is 9.55. The fraction of sp³-hybridized carbons (Fsp3) is 1.00. The minimum atomic E-state index is -3.33. The molecular weight excluding hydrogens is 294 g/mol. The highest BCUT2D eigenvalue weighted by Gasteiger charge is 2.33. The van der Waals surface area contributed by atoms with E-state index in [2.05, 4.69) is 11.6 Å². The van der Waals surface area contributed by atoms with Crippen LogP contribution in [0.1, 0.15) is 39.0 Å². The van der Waals surface area contributed by atoms with Gasteiger partial charge in [0.05, 0.1) is 0 Å². The molecule has 3 N–H and O–H groups in total. The summed E-state index contributed by atoms with van der Waals surface area (Å²) in [7, 11) is -3.33. The standard InChI is InChI=1S/C13H27N3O2S2/c1-2-19-13-6-5-12(8-13)15-20(17,18)16-7-3-4-11(9-14)10-16/h11-13,15H,2-10,14H2,1H3. The van der Waals surface area contributed by atoms with Crippen LogP contribution < -0.4 is 10.5 Å². The lowest BCUT2D eigenvalue weighted by Gasteiger charge is -2.32. The molecule has 0 bridgehead atoms. The summed E-state index contributed by atoms with van der Waals surface area (Å²) in [5.74, 6) is 1.42. The molecule has 2 aliphatic rings. The van der Waals surface area contributed by atoms with Crippen LogP contribution in [0.25, 0.3) is 0 Å². The largest absolute Gasteiger partial charge is 0.330 e. The zero-order chi connectivity index (χ0) is 14.6. The molecule has 1 saturated carbocycles. The summed E-state index contributed by atoms with van der Waals surface area (Å²) >= 11 is 1.94. The molecule has 2 fully saturated rings. The van der Waals surface area contributed by atoms with Crippen LogP contribution in [-0.2, 0) is 10.2 Å². The van der Waals surface area contributed by atoms with Gasteiger partial charge in [-0.05, 0) is 50.3 Å². The summed E-state index contributed by atoms with van der Waals surface area (Å²) < 4.78 is 29.4. The average Bonchev–Trinajstić information content (AvgIpc) is 2.86. The zero-order valence-electron chi connectivity index (χ0n) is 12.3. The molecule has 1 aliphatic heterocycles. The highest BCUT2D eigenvalue weighted by atomic mass is 32.2. The summed E-state index contributed by atoms with van der Waals surface area (Å²) in [6.45, 7) is 3.94. The molecule has 7 heteroatoms. The summed E-state index contributed by atoms with van der Waals surface area (Å²) in [6, 6.07) is 0.113. The summed E-state index contributed by atoms with van der Waals surface area (Å²) in [5, 5.41) is 0.617. The molecule has 1 heterocycles. The van der Waals surface area contributed by atoms with Crippen molar-refractivity contribution in [2.75, 3.05) is 25.4 Å². The van der Waals surface area contributed by atoms with E-state index >= 15 is 0 Å². The van der Waals surface area contributed by atoms with E-state index in [9.17, 15) is 8.42 Å². The minimum Gasteiger partial charge on any atom is -0.330 e. The third-order valence-corrected chi connectivity index (χ3v) is 7.13. The normalized spacial score (nSPS) is 32.6. The first-order valence-corrected chi connectivity index (χ1v) is 10.1. The van der Waals surface area contributed by atoms with Gasteiger partial charge >= 0.3 is 0 Å². The number of piperidine rings is 1. The van der Waals surface area contributed by atoms with E-state index in [1.54, 1.807) is 4.31 Å². The molecule has 118 valence electrons. The first-order valence-electron chi connectivity index (χ1n) is 7.64. The number of hydrogen-bond acceptors (Lipinski definition) is 4. The Bertz CT molecular complexity index is 402. The Morgan fingerprint density at radius 1 is 1.35 bits per heavy atom. The lowest BCUT2D eigenvalue weighted by molar-refractivity contribution is 0.267. The van der Waals surface area contributed by atoms with E-state index in [4.69, 9.17) is 5.73 Å². The smallest absolute Gasteiger partial charge is 0.279 e. The topological polar surface area (TPSA) is 75.4 Å². The number of hydrogen-bond donors (Lipinski definition) is 2. The fourth-order valence-corrected chi connectivity index (χ4v) is 5.86. The van der Waals surface area contributed by atoms with Crippen LogP contribution in [0, 0.1) is 5.92 Å². The Labute approximate surface area is 127 Å². The molecule has 1 saturated heterocycles. The van der Waals surface area contributed by atoms with Gasteiger partial charge in [-0.1, -0.05) is 6.92 Å². The van der Waals surface area contributed by atoms with Crippen molar-refractivity contribution in [1.82, 2.24) is 9.03 Å². The molecule has 3 atom stereocenters. The van der Waals surface area contributed by atoms with E-state index in [-0.39, 0.29) is 6.04 Å². The van der Waals surface area contributed by atoms with Crippen LogP contribution in [0.15, 0.2) is 0 Å². The monoisotopic (exact) mass is 321 g/mol. The Morgan fingerprint density at radius 3 is 2.85 bits per heavy atom. The number of thioether (sulfide) groups is 1. The van der Waals surface area contributed by atoms with Gasteiger partial charge in [0, 0.05) is 24.4 Å². The van der Waals surface area contributed by atoms with E-state index in [0.717, 1.165) is 37.9 Å². The van der Waals surface area contributed by atoms with Gasteiger partial charge in [0.25, 0.3) is 10.2 Å². The third-order valence-electron chi connectivity index (χ3n) is 4.26. The Kier molecular flexibility index (Phi) is 6.16. The van der Waals surface area contributed by atoms with Crippen LogP contribution >= 0.6 is 11.8 Å². The second kappa shape index (κ2) is 7.45. The van der Waals surface area contributed by atoms with Crippen molar-refractivity contribution in [2.24, 2.45) is 11.7 Å². The second-order valence-electron chi connectivity index (χ2n) is 5.81. The van der Waals surface area contributed by atoms with Crippen LogP contribution in [0.2, 0.25) is 0 Å². The maximum Gasteiger partial charge on any atom is 0.279 e. The van der Waals surface area contributed by atoms with Gasteiger partial charge in [0.2, 0.25) is 0 Å².